The van der Waals surface area contributed by atoms with Crippen LogP contribution < -0.4 is 10.2 Å². The van der Waals surface area contributed by atoms with Gasteiger partial charge in [-0.3, -0.25) is 0 Å². The second-order valence-electron chi connectivity index (χ2n) is 4.92. The standard InChI is InChI=1S/C13H22N4O2S/c1-3-14-11-12-5-4-6-13(15-12)16-7-9-17(10-8-16)20(2,18)19/h4-6,14H,3,7-11H2,1-2H3. The first-order chi connectivity index (χ1) is 9.50. The lowest BCUT2D eigenvalue weighted by Gasteiger charge is -2.34. The Balaban J connectivity index is 2.00. The van der Waals surface area contributed by atoms with Crippen molar-refractivity contribution in [1.29, 1.82) is 0 Å². The van der Waals surface area contributed by atoms with E-state index in [1.807, 2.05) is 18.2 Å². The highest BCUT2D eigenvalue weighted by atomic mass is 32.2. The fourth-order valence-electron chi connectivity index (χ4n) is 2.24. The molecule has 0 saturated carbocycles. The van der Waals surface area contributed by atoms with E-state index in [9.17, 15) is 8.42 Å². The molecule has 1 saturated heterocycles. The van der Waals surface area contributed by atoms with Crippen LogP contribution in [0.1, 0.15) is 12.6 Å². The number of piperazine rings is 1. The van der Waals surface area contributed by atoms with Gasteiger partial charge in [-0.15, -0.1) is 0 Å². The Morgan fingerprint density at radius 2 is 1.95 bits per heavy atom. The van der Waals surface area contributed by atoms with E-state index in [1.165, 1.54) is 10.6 Å². The van der Waals surface area contributed by atoms with Gasteiger partial charge in [0.2, 0.25) is 10.0 Å². The Morgan fingerprint density at radius 3 is 2.55 bits per heavy atom. The molecular formula is C13H22N4O2S. The molecule has 0 spiro atoms. The molecule has 0 unspecified atom stereocenters. The zero-order chi connectivity index (χ0) is 14.6. The van der Waals surface area contributed by atoms with Crippen molar-refractivity contribution in [2.24, 2.45) is 0 Å². The minimum absolute atomic E-state index is 0.526. The summed E-state index contributed by atoms with van der Waals surface area (Å²) in [7, 11) is -3.08. The van der Waals surface area contributed by atoms with Crippen LogP contribution in [0.25, 0.3) is 0 Å². The normalized spacial score (nSPS) is 17.4. The van der Waals surface area contributed by atoms with E-state index < -0.39 is 10.0 Å². The predicted molar refractivity (Wildman–Crippen MR) is 80.2 cm³/mol. The van der Waals surface area contributed by atoms with E-state index in [-0.39, 0.29) is 0 Å². The van der Waals surface area contributed by atoms with Crippen molar-refractivity contribution in [3.05, 3.63) is 23.9 Å². The van der Waals surface area contributed by atoms with E-state index >= 15 is 0 Å². The third kappa shape index (κ3) is 3.91. The molecule has 6 nitrogen and oxygen atoms in total. The largest absolute Gasteiger partial charge is 0.354 e. The molecule has 1 aliphatic rings. The molecule has 0 amide bonds. The fourth-order valence-corrected chi connectivity index (χ4v) is 3.07. The van der Waals surface area contributed by atoms with Gasteiger partial charge in [0.1, 0.15) is 5.82 Å². The minimum Gasteiger partial charge on any atom is -0.354 e. The van der Waals surface area contributed by atoms with Crippen molar-refractivity contribution in [3.63, 3.8) is 0 Å². The quantitative estimate of drug-likeness (QED) is 0.845. The number of pyridine rings is 1. The first-order valence-corrected chi connectivity index (χ1v) is 8.72. The molecule has 7 heteroatoms. The molecule has 0 bridgehead atoms. The highest BCUT2D eigenvalue weighted by molar-refractivity contribution is 7.88. The van der Waals surface area contributed by atoms with Crippen LogP contribution >= 0.6 is 0 Å². The molecular weight excluding hydrogens is 276 g/mol. The zero-order valence-corrected chi connectivity index (χ0v) is 12.9. The summed E-state index contributed by atoms with van der Waals surface area (Å²) in [4.78, 5) is 6.75. The Morgan fingerprint density at radius 1 is 1.25 bits per heavy atom. The number of hydrogen-bond acceptors (Lipinski definition) is 5. The van der Waals surface area contributed by atoms with Crippen LogP contribution in [0.2, 0.25) is 0 Å². The Kier molecular flexibility index (Phi) is 4.95. The predicted octanol–water partition coefficient (Wildman–Crippen LogP) is 0.273. The third-order valence-electron chi connectivity index (χ3n) is 3.38. The Labute approximate surface area is 120 Å². The summed E-state index contributed by atoms with van der Waals surface area (Å²) in [5.74, 6) is 0.925. The molecule has 0 radical (unpaired) electrons. The molecule has 0 aromatic carbocycles. The van der Waals surface area contributed by atoms with Crippen molar-refractivity contribution >= 4 is 15.8 Å². The van der Waals surface area contributed by atoms with Crippen molar-refractivity contribution in [2.45, 2.75) is 13.5 Å². The van der Waals surface area contributed by atoms with Gasteiger partial charge >= 0.3 is 0 Å². The topological polar surface area (TPSA) is 65.5 Å². The summed E-state index contributed by atoms with van der Waals surface area (Å²) < 4.78 is 24.5. The van der Waals surface area contributed by atoms with Gasteiger partial charge in [-0.2, -0.15) is 4.31 Å². The Bertz CT molecular complexity index is 539. The smallest absolute Gasteiger partial charge is 0.211 e. The monoisotopic (exact) mass is 298 g/mol. The Hall–Kier alpha value is -1.18. The van der Waals surface area contributed by atoms with Crippen LogP contribution in [-0.2, 0) is 16.6 Å². The van der Waals surface area contributed by atoms with Gasteiger partial charge in [-0.1, -0.05) is 13.0 Å². The first kappa shape index (κ1) is 15.2. The second kappa shape index (κ2) is 6.51. The molecule has 1 aromatic heterocycles. The van der Waals surface area contributed by atoms with Crippen molar-refractivity contribution in [3.8, 4) is 0 Å². The number of rotatable bonds is 5. The maximum absolute atomic E-state index is 11.5. The highest BCUT2D eigenvalue weighted by Gasteiger charge is 2.23. The van der Waals surface area contributed by atoms with Crippen LogP contribution in [0, 0.1) is 0 Å². The molecule has 2 rings (SSSR count). The molecule has 112 valence electrons. The summed E-state index contributed by atoms with van der Waals surface area (Å²) in [5, 5.41) is 3.25. The van der Waals surface area contributed by atoms with Crippen molar-refractivity contribution in [1.82, 2.24) is 14.6 Å². The molecule has 20 heavy (non-hydrogen) atoms. The lowest BCUT2D eigenvalue weighted by molar-refractivity contribution is 0.387. The molecule has 2 heterocycles. The van der Waals surface area contributed by atoms with Gasteiger partial charge in [-0.05, 0) is 18.7 Å². The summed E-state index contributed by atoms with van der Waals surface area (Å²) in [6.45, 7) is 6.16. The molecule has 1 aliphatic heterocycles. The van der Waals surface area contributed by atoms with Crippen molar-refractivity contribution < 1.29 is 8.42 Å². The SMILES string of the molecule is CCNCc1cccc(N2CCN(S(C)(=O)=O)CC2)n1. The minimum atomic E-state index is -3.08. The van der Waals surface area contributed by atoms with E-state index in [0.717, 1.165) is 24.6 Å². The molecule has 1 fully saturated rings. The second-order valence-corrected chi connectivity index (χ2v) is 6.90. The average molecular weight is 298 g/mol. The van der Waals surface area contributed by atoms with Crippen LogP contribution in [0.15, 0.2) is 18.2 Å². The van der Waals surface area contributed by atoms with Crippen LogP contribution in [-0.4, -0.2) is 56.7 Å². The van der Waals surface area contributed by atoms with Gasteiger partial charge in [0.25, 0.3) is 0 Å². The van der Waals surface area contributed by atoms with E-state index in [4.69, 9.17) is 0 Å². The number of hydrogen-bond donors (Lipinski definition) is 1. The molecule has 0 atom stereocenters. The fraction of sp³-hybridized carbons (Fsp3) is 0.615. The number of nitrogens with one attached hydrogen (secondary N) is 1. The maximum atomic E-state index is 11.5. The number of nitrogens with zero attached hydrogens (tertiary/aromatic N) is 3. The molecule has 1 N–H and O–H groups in total. The van der Waals surface area contributed by atoms with Crippen LogP contribution in [0.4, 0.5) is 5.82 Å². The molecule has 1 aromatic rings. The van der Waals surface area contributed by atoms with Crippen LogP contribution in [0.5, 0.6) is 0 Å². The first-order valence-electron chi connectivity index (χ1n) is 6.87. The lowest BCUT2D eigenvalue weighted by Crippen LogP contribution is -2.48. The number of anilines is 1. The number of aromatic nitrogens is 1. The van der Waals surface area contributed by atoms with E-state index in [0.29, 0.717) is 26.2 Å². The van der Waals surface area contributed by atoms with Crippen LogP contribution in [0.3, 0.4) is 0 Å². The lowest BCUT2D eigenvalue weighted by atomic mass is 10.3. The van der Waals surface area contributed by atoms with Gasteiger partial charge in [-0.25, -0.2) is 13.4 Å². The van der Waals surface area contributed by atoms with E-state index in [1.54, 1.807) is 0 Å². The van der Waals surface area contributed by atoms with Crippen molar-refractivity contribution in [2.75, 3.05) is 43.9 Å². The average Bonchev–Trinajstić information content (AvgIpc) is 2.45. The molecule has 0 aliphatic carbocycles. The number of sulfonamides is 1. The van der Waals surface area contributed by atoms with Gasteiger partial charge in [0.05, 0.1) is 11.9 Å². The van der Waals surface area contributed by atoms with Gasteiger partial charge < -0.3 is 10.2 Å². The summed E-state index contributed by atoms with van der Waals surface area (Å²) in [6.07, 6.45) is 1.26. The summed E-state index contributed by atoms with van der Waals surface area (Å²) >= 11 is 0. The van der Waals surface area contributed by atoms with Gasteiger partial charge in [0, 0.05) is 32.7 Å². The highest BCUT2D eigenvalue weighted by Crippen LogP contribution is 2.15. The maximum Gasteiger partial charge on any atom is 0.211 e. The zero-order valence-electron chi connectivity index (χ0n) is 12.0. The summed E-state index contributed by atoms with van der Waals surface area (Å²) in [6, 6.07) is 5.97. The van der Waals surface area contributed by atoms with Gasteiger partial charge in [0.15, 0.2) is 0 Å². The third-order valence-corrected chi connectivity index (χ3v) is 4.68. The summed E-state index contributed by atoms with van der Waals surface area (Å²) in [5.41, 5.74) is 1.01. The van der Waals surface area contributed by atoms with E-state index in [2.05, 4.69) is 22.1 Å².